The van der Waals surface area contributed by atoms with Gasteiger partial charge in [-0.05, 0) is 52.9 Å². The number of allylic oxidation sites excluding steroid dienone is 1. The Bertz CT molecular complexity index is 1160. The van der Waals surface area contributed by atoms with Gasteiger partial charge in [0.25, 0.3) is 5.69 Å². The van der Waals surface area contributed by atoms with Gasteiger partial charge in [-0.2, -0.15) is 0 Å². The van der Waals surface area contributed by atoms with E-state index in [1.807, 2.05) is 24.3 Å². The molecule has 0 N–H and O–H groups in total. The van der Waals surface area contributed by atoms with E-state index in [0.717, 1.165) is 11.1 Å². The van der Waals surface area contributed by atoms with Gasteiger partial charge in [-0.3, -0.25) is 14.9 Å². The van der Waals surface area contributed by atoms with Crippen LogP contribution in [0.25, 0.3) is 6.08 Å². The summed E-state index contributed by atoms with van der Waals surface area (Å²) in [5.74, 6) is 1.56. The van der Waals surface area contributed by atoms with Crippen molar-refractivity contribution in [2.45, 2.75) is 26.4 Å². The number of ketones is 1. The van der Waals surface area contributed by atoms with Gasteiger partial charge in [0.2, 0.25) is 5.78 Å². The molecule has 4 rings (SSSR count). The number of nitro benzene ring substituents is 1. The number of hydrogen-bond acceptors (Lipinski definition) is 5. The highest BCUT2D eigenvalue weighted by Gasteiger charge is 2.27. The number of hydrogen-bond donors (Lipinski definition) is 0. The molecule has 1 heterocycles. The van der Waals surface area contributed by atoms with Crippen LogP contribution in [0, 0.1) is 10.1 Å². The fraction of sp³-hybridized carbons (Fsp3) is 0.160. The SMILES string of the molecule is CC(C)c1ccc(/C=C2\Oc3cc(OCc4ccc([N+](=O)[O-])cc4)ccc3C2=O)cc1. The molecule has 3 aromatic carbocycles. The van der Waals surface area contributed by atoms with Crippen molar-refractivity contribution in [1.82, 2.24) is 0 Å². The second kappa shape index (κ2) is 8.44. The van der Waals surface area contributed by atoms with E-state index in [9.17, 15) is 14.9 Å². The van der Waals surface area contributed by atoms with Gasteiger partial charge < -0.3 is 9.47 Å². The first-order valence-corrected chi connectivity index (χ1v) is 9.95. The van der Waals surface area contributed by atoms with Crippen LogP contribution in [0.3, 0.4) is 0 Å². The third-order valence-corrected chi connectivity index (χ3v) is 5.09. The number of fused-ring (bicyclic) bond motifs is 1. The summed E-state index contributed by atoms with van der Waals surface area (Å²) in [6, 6.07) is 19.3. The molecule has 0 unspecified atom stereocenters. The Morgan fingerprint density at radius 2 is 1.74 bits per heavy atom. The van der Waals surface area contributed by atoms with Crippen LogP contribution in [0.2, 0.25) is 0 Å². The predicted molar refractivity (Wildman–Crippen MR) is 117 cm³/mol. The lowest BCUT2D eigenvalue weighted by atomic mass is 10.0. The van der Waals surface area contributed by atoms with Gasteiger partial charge in [0.15, 0.2) is 5.76 Å². The molecule has 0 radical (unpaired) electrons. The number of benzene rings is 3. The highest BCUT2D eigenvalue weighted by atomic mass is 16.6. The van der Waals surface area contributed by atoms with Crippen molar-refractivity contribution in [2.24, 2.45) is 0 Å². The van der Waals surface area contributed by atoms with Crippen LogP contribution in [0.4, 0.5) is 5.69 Å². The topological polar surface area (TPSA) is 78.7 Å². The third kappa shape index (κ3) is 4.48. The molecule has 0 spiro atoms. The first-order chi connectivity index (χ1) is 14.9. The molecule has 0 bridgehead atoms. The van der Waals surface area contributed by atoms with Gasteiger partial charge >= 0.3 is 0 Å². The number of non-ortho nitro benzene ring substituents is 1. The molecule has 1 aliphatic heterocycles. The monoisotopic (exact) mass is 415 g/mol. The van der Waals surface area contributed by atoms with Crippen molar-refractivity contribution in [1.29, 1.82) is 0 Å². The summed E-state index contributed by atoms with van der Waals surface area (Å²) >= 11 is 0. The summed E-state index contributed by atoms with van der Waals surface area (Å²) in [6.07, 6.45) is 1.74. The molecule has 0 fully saturated rings. The highest BCUT2D eigenvalue weighted by Crippen LogP contribution is 2.35. The summed E-state index contributed by atoms with van der Waals surface area (Å²) in [6.45, 7) is 4.51. The lowest BCUT2D eigenvalue weighted by Crippen LogP contribution is -1.98. The van der Waals surface area contributed by atoms with E-state index in [0.29, 0.717) is 23.0 Å². The van der Waals surface area contributed by atoms with Crippen LogP contribution < -0.4 is 9.47 Å². The van der Waals surface area contributed by atoms with Crippen molar-refractivity contribution in [3.05, 3.63) is 105 Å². The summed E-state index contributed by atoms with van der Waals surface area (Å²) in [5, 5.41) is 10.7. The molecule has 0 atom stereocenters. The Morgan fingerprint density at radius 1 is 1.03 bits per heavy atom. The van der Waals surface area contributed by atoms with Gasteiger partial charge in [0, 0.05) is 18.2 Å². The molecule has 156 valence electrons. The molecule has 6 heteroatoms. The molecule has 0 amide bonds. The molecule has 0 aromatic heterocycles. The van der Waals surface area contributed by atoms with Crippen molar-refractivity contribution in [3.8, 4) is 11.5 Å². The molecular formula is C25H21NO5. The first-order valence-electron chi connectivity index (χ1n) is 9.95. The van der Waals surface area contributed by atoms with E-state index >= 15 is 0 Å². The summed E-state index contributed by atoms with van der Waals surface area (Å²) in [5.41, 5.74) is 3.46. The second-order valence-corrected chi connectivity index (χ2v) is 7.63. The average Bonchev–Trinajstić information content (AvgIpc) is 3.07. The van der Waals surface area contributed by atoms with E-state index < -0.39 is 4.92 Å². The zero-order valence-corrected chi connectivity index (χ0v) is 17.2. The van der Waals surface area contributed by atoms with Crippen LogP contribution in [0.15, 0.2) is 72.5 Å². The summed E-state index contributed by atoms with van der Waals surface area (Å²) < 4.78 is 11.6. The quantitative estimate of drug-likeness (QED) is 0.284. The van der Waals surface area contributed by atoms with E-state index in [2.05, 4.69) is 13.8 Å². The number of carbonyl (C=O) groups excluding carboxylic acids is 1. The van der Waals surface area contributed by atoms with Crippen molar-refractivity contribution in [3.63, 3.8) is 0 Å². The fourth-order valence-electron chi connectivity index (χ4n) is 3.27. The highest BCUT2D eigenvalue weighted by molar-refractivity contribution is 6.14. The molecule has 0 saturated heterocycles. The van der Waals surface area contributed by atoms with E-state index in [1.165, 1.54) is 17.7 Å². The lowest BCUT2D eigenvalue weighted by Gasteiger charge is -2.07. The van der Waals surface area contributed by atoms with Crippen molar-refractivity contribution in [2.75, 3.05) is 0 Å². The minimum atomic E-state index is -0.441. The van der Waals surface area contributed by atoms with Crippen LogP contribution in [-0.2, 0) is 6.61 Å². The van der Waals surface area contributed by atoms with Crippen molar-refractivity contribution >= 4 is 17.5 Å². The standard InChI is InChI=1S/C25H21NO5/c1-16(2)19-7-3-17(4-8-19)13-24-25(27)22-12-11-21(14-23(22)31-24)30-15-18-5-9-20(10-6-18)26(28)29/h3-14,16H,15H2,1-2H3/b24-13-. The van der Waals surface area contributed by atoms with Gasteiger partial charge in [0.05, 0.1) is 10.5 Å². The number of carbonyl (C=O) groups is 1. The van der Waals surface area contributed by atoms with Crippen LogP contribution >= 0.6 is 0 Å². The van der Waals surface area contributed by atoms with Crippen LogP contribution in [0.5, 0.6) is 11.5 Å². The molecule has 0 aliphatic carbocycles. The zero-order valence-electron chi connectivity index (χ0n) is 17.2. The average molecular weight is 415 g/mol. The zero-order chi connectivity index (χ0) is 22.0. The van der Waals surface area contributed by atoms with Gasteiger partial charge in [0.1, 0.15) is 18.1 Å². The molecule has 1 aliphatic rings. The minimum absolute atomic E-state index is 0.0337. The smallest absolute Gasteiger partial charge is 0.269 e. The Labute approximate surface area is 179 Å². The maximum Gasteiger partial charge on any atom is 0.269 e. The summed E-state index contributed by atoms with van der Waals surface area (Å²) in [7, 11) is 0. The predicted octanol–water partition coefficient (Wildman–Crippen LogP) is 5.91. The van der Waals surface area contributed by atoms with Gasteiger partial charge in [-0.25, -0.2) is 0 Å². The summed E-state index contributed by atoms with van der Waals surface area (Å²) in [4.78, 5) is 23.0. The lowest BCUT2D eigenvalue weighted by molar-refractivity contribution is -0.384. The van der Waals surface area contributed by atoms with Crippen LogP contribution in [0.1, 0.15) is 46.8 Å². The number of nitrogens with zero attached hydrogens (tertiary/aromatic N) is 1. The number of nitro groups is 1. The molecular weight excluding hydrogens is 394 g/mol. The Morgan fingerprint density at radius 3 is 2.39 bits per heavy atom. The van der Waals surface area contributed by atoms with E-state index in [4.69, 9.17) is 9.47 Å². The molecule has 0 saturated carbocycles. The largest absolute Gasteiger partial charge is 0.489 e. The molecule has 6 nitrogen and oxygen atoms in total. The normalized spacial score (nSPS) is 13.9. The maximum absolute atomic E-state index is 12.7. The van der Waals surface area contributed by atoms with Gasteiger partial charge in [-0.15, -0.1) is 0 Å². The van der Waals surface area contributed by atoms with Crippen LogP contribution in [-0.4, -0.2) is 10.7 Å². The minimum Gasteiger partial charge on any atom is -0.489 e. The van der Waals surface area contributed by atoms with E-state index in [1.54, 1.807) is 36.4 Å². The fourth-order valence-corrected chi connectivity index (χ4v) is 3.27. The Hall–Kier alpha value is -3.93. The molecule has 31 heavy (non-hydrogen) atoms. The second-order valence-electron chi connectivity index (χ2n) is 7.63. The third-order valence-electron chi connectivity index (χ3n) is 5.09. The van der Waals surface area contributed by atoms with E-state index in [-0.39, 0.29) is 23.8 Å². The maximum atomic E-state index is 12.7. The number of rotatable bonds is 6. The van der Waals surface area contributed by atoms with Gasteiger partial charge in [-0.1, -0.05) is 38.1 Å². The molecule has 3 aromatic rings. The van der Waals surface area contributed by atoms with Crippen molar-refractivity contribution < 1.29 is 19.2 Å². The number of Topliss-reactive ketones (excluding diaryl/α,β-unsaturated/α-hetero) is 1. The Balaban J connectivity index is 1.45. The Kier molecular flexibility index (Phi) is 5.54. The number of ether oxygens (including phenoxy) is 2. The first kappa shape index (κ1) is 20.3.